The summed E-state index contributed by atoms with van der Waals surface area (Å²) in [6.07, 6.45) is 0. The highest BCUT2D eigenvalue weighted by atomic mass is 16.5. The zero-order valence-corrected chi connectivity index (χ0v) is 12.4. The van der Waals surface area contributed by atoms with E-state index in [-0.39, 0.29) is 5.54 Å². The van der Waals surface area contributed by atoms with E-state index in [1.165, 1.54) is 11.1 Å². The molecule has 19 heavy (non-hydrogen) atoms. The maximum Gasteiger partial charge on any atom is 0.0594 e. The maximum atomic E-state index is 5.42. The van der Waals surface area contributed by atoms with Crippen LogP contribution in [-0.2, 0) is 11.3 Å². The molecule has 0 atom stereocenters. The van der Waals surface area contributed by atoms with Gasteiger partial charge in [-0.2, -0.15) is 0 Å². The molecule has 0 bridgehead atoms. The SMILES string of the molecule is Cc1ccccc1CNCC(C)(C)N1CCOCC1. The smallest absolute Gasteiger partial charge is 0.0594 e. The second kappa shape index (κ2) is 6.51. The minimum Gasteiger partial charge on any atom is -0.379 e. The van der Waals surface area contributed by atoms with Crippen LogP contribution in [0.1, 0.15) is 25.0 Å². The van der Waals surface area contributed by atoms with E-state index in [4.69, 9.17) is 4.74 Å². The molecule has 0 radical (unpaired) electrons. The first kappa shape index (κ1) is 14.5. The van der Waals surface area contributed by atoms with Gasteiger partial charge in [-0.3, -0.25) is 4.90 Å². The average molecular weight is 262 g/mol. The lowest BCUT2D eigenvalue weighted by molar-refractivity contribution is -0.00967. The van der Waals surface area contributed by atoms with Crippen molar-refractivity contribution in [3.8, 4) is 0 Å². The highest BCUT2D eigenvalue weighted by Gasteiger charge is 2.27. The zero-order valence-electron chi connectivity index (χ0n) is 12.4. The van der Waals surface area contributed by atoms with E-state index >= 15 is 0 Å². The van der Waals surface area contributed by atoms with Gasteiger partial charge in [0.1, 0.15) is 0 Å². The third kappa shape index (κ3) is 4.03. The number of ether oxygens (including phenoxy) is 1. The van der Waals surface area contributed by atoms with E-state index < -0.39 is 0 Å². The molecule has 1 aromatic carbocycles. The number of nitrogens with zero attached hydrogens (tertiary/aromatic N) is 1. The van der Waals surface area contributed by atoms with Crippen LogP contribution in [0.4, 0.5) is 0 Å². The van der Waals surface area contributed by atoms with Crippen molar-refractivity contribution in [2.45, 2.75) is 32.9 Å². The second-order valence-corrected chi connectivity index (χ2v) is 5.94. The predicted octanol–water partition coefficient (Wildman–Crippen LogP) is 2.20. The fourth-order valence-corrected chi connectivity index (χ4v) is 2.59. The highest BCUT2D eigenvalue weighted by Crippen LogP contribution is 2.15. The van der Waals surface area contributed by atoms with Gasteiger partial charge in [0.15, 0.2) is 0 Å². The second-order valence-electron chi connectivity index (χ2n) is 5.94. The first-order chi connectivity index (χ1) is 9.09. The van der Waals surface area contributed by atoms with Gasteiger partial charge in [-0.1, -0.05) is 24.3 Å². The van der Waals surface area contributed by atoms with Gasteiger partial charge >= 0.3 is 0 Å². The van der Waals surface area contributed by atoms with Crippen molar-refractivity contribution < 1.29 is 4.74 Å². The number of hydrogen-bond acceptors (Lipinski definition) is 3. The average Bonchev–Trinajstić information content (AvgIpc) is 2.42. The largest absolute Gasteiger partial charge is 0.379 e. The van der Waals surface area contributed by atoms with E-state index in [0.717, 1.165) is 39.4 Å². The lowest BCUT2D eigenvalue weighted by atomic mass is 10.0. The van der Waals surface area contributed by atoms with Crippen LogP contribution in [0.15, 0.2) is 24.3 Å². The van der Waals surface area contributed by atoms with Gasteiger partial charge in [-0.05, 0) is 31.9 Å². The van der Waals surface area contributed by atoms with Gasteiger partial charge in [0.05, 0.1) is 13.2 Å². The molecule has 2 rings (SSSR count). The van der Waals surface area contributed by atoms with Gasteiger partial charge in [-0.15, -0.1) is 0 Å². The number of benzene rings is 1. The van der Waals surface area contributed by atoms with Crippen molar-refractivity contribution in [3.63, 3.8) is 0 Å². The van der Waals surface area contributed by atoms with Crippen LogP contribution in [0.2, 0.25) is 0 Å². The van der Waals surface area contributed by atoms with E-state index in [2.05, 4.69) is 55.3 Å². The van der Waals surface area contributed by atoms with Crippen molar-refractivity contribution in [2.75, 3.05) is 32.8 Å². The van der Waals surface area contributed by atoms with E-state index in [0.29, 0.717) is 0 Å². The Morgan fingerprint density at radius 3 is 2.58 bits per heavy atom. The third-order valence-electron chi connectivity index (χ3n) is 4.00. The number of nitrogens with one attached hydrogen (secondary N) is 1. The normalized spacial score (nSPS) is 17.6. The lowest BCUT2D eigenvalue weighted by Gasteiger charge is -2.41. The summed E-state index contributed by atoms with van der Waals surface area (Å²) in [5.74, 6) is 0. The van der Waals surface area contributed by atoms with E-state index in [1.54, 1.807) is 0 Å². The standard InChI is InChI=1S/C16H26N2O/c1-14-6-4-5-7-15(14)12-17-13-16(2,3)18-8-10-19-11-9-18/h4-7,17H,8-13H2,1-3H3. The number of aryl methyl sites for hydroxylation is 1. The molecule has 1 N–H and O–H groups in total. The summed E-state index contributed by atoms with van der Waals surface area (Å²) >= 11 is 0. The van der Waals surface area contributed by atoms with Crippen LogP contribution in [0.3, 0.4) is 0 Å². The molecular weight excluding hydrogens is 236 g/mol. The summed E-state index contributed by atoms with van der Waals surface area (Å²) in [6.45, 7) is 12.5. The topological polar surface area (TPSA) is 24.5 Å². The number of rotatable bonds is 5. The summed E-state index contributed by atoms with van der Waals surface area (Å²) in [5.41, 5.74) is 2.94. The summed E-state index contributed by atoms with van der Waals surface area (Å²) in [5, 5.41) is 3.60. The minimum atomic E-state index is 0.187. The number of hydrogen-bond donors (Lipinski definition) is 1. The lowest BCUT2D eigenvalue weighted by Crippen LogP contribution is -2.54. The third-order valence-corrected chi connectivity index (χ3v) is 4.00. The fourth-order valence-electron chi connectivity index (χ4n) is 2.59. The number of morpholine rings is 1. The Morgan fingerprint density at radius 2 is 1.89 bits per heavy atom. The molecule has 1 aliphatic rings. The monoisotopic (exact) mass is 262 g/mol. The molecule has 0 unspecified atom stereocenters. The molecule has 3 heteroatoms. The van der Waals surface area contributed by atoms with Gasteiger partial charge < -0.3 is 10.1 Å². The first-order valence-corrected chi connectivity index (χ1v) is 7.17. The summed E-state index contributed by atoms with van der Waals surface area (Å²) in [7, 11) is 0. The van der Waals surface area contributed by atoms with Crippen molar-refractivity contribution in [3.05, 3.63) is 35.4 Å². The Morgan fingerprint density at radius 1 is 1.21 bits per heavy atom. The summed E-state index contributed by atoms with van der Waals surface area (Å²) in [4.78, 5) is 2.52. The molecule has 0 aliphatic carbocycles. The molecular formula is C16H26N2O. The van der Waals surface area contributed by atoms with Gasteiger partial charge in [0, 0.05) is 31.7 Å². The Kier molecular flexibility index (Phi) is 4.97. The van der Waals surface area contributed by atoms with Gasteiger partial charge in [0.25, 0.3) is 0 Å². The Hall–Kier alpha value is -0.900. The van der Waals surface area contributed by atoms with Crippen LogP contribution >= 0.6 is 0 Å². The zero-order chi connectivity index (χ0) is 13.7. The fraction of sp³-hybridized carbons (Fsp3) is 0.625. The minimum absolute atomic E-state index is 0.187. The quantitative estimate of drug-likeness (QED) is 0.880. The molecule has 1 aliphatic heterocycles. The van der Waals surface area contributed by atoms with Crippen molar-refractivity contribution >= 4 is 0 Å². The molecule has 0 spiro atoms. The molecule has 1 saturated heterocycles. The highest BCUT2D eigenvalue weighted by molar-refractivity contribution is 5.25. The van der Waals surface area contributed by atoms with Crippen molar-refractivity contribution in [1.29, 1.82) is 0 Å². The molecule has 0 aromatic heterocycles. The van der Waals surface area contributed by atoms with Crippen molar-refractivity contribution in [2.24, 2.45) is 0 Å². The molecule has 106 valence electrons. The Labute approximate surface area is 116 Å². The Balaban J connectivity index is 1.82. The maximum absolute atomic E-state index is 5.42. The van der Waals surface area contributed by atoms with Crippen LogP contribution in [-0.4, -0.2) is 43.3 Å². The molecule has 3 nitrogen and oxygen atoms in total. The van der Waals surface area contributed by atoms with Crippen molar-refractivity contribution in [1.82, 2.24) is 10.2 Å². The summed E-state index contributed by atoms with van der Waals surface area (Å²) < 4.78 is 5.42. The van der Waals surface area contributed by atoms with Crippen LogP contribution in [0, 0.1) is 6.92 Å². The van der Waals surface area contributed by atoms with E-state index in [9.17, 15) is 0 Å². The predicted molar refractivity (Wildman–Crippen MR) is 79.4 cm³/mol. The molecule has 1 fully saturated rings. The van der Waals surface area contributed by atoms with Gasteiger partial charge in [0.2, 0.25) is 0 Å². The molecule has 1 aromatic rings. The van der Waals surface area contributed by atoms with E-state index in [1.807, 2.05) is 0 Å². The first-order valence-electron chi connectivity index (χ1n) is 7.17. The molecule has 1 heterocycles. The summed E-state index contributed by atoms with van der Waals surface area (Å²) in [6, 6.07) is 8.57. The Bertz CT molecular complexity index is 397. The van der Waals surface area contributed by atoms with Gasteiger partial charge in [-0.25, -0.2) is 0 Å². The van der Waals surface area contributed by atoms with Crippen LogP contribution in [0.25, 0.3) is 0 Å². The van der Waals surface area contributed by atoms with Crippen LogP contribution in [0.5, 0.6) is 0 Å². The molecule has 0 saturated carbocycles. The van der Waals surface area contributed by atoms with Crippen LogP contribution < -0.4 is 5.32 Å². The molecule has 0 amide bonds.